The standard InChI is InChI=1S/C24H37BN6O7/c1-14(2)20(30-17(32)9-5-4-6-13-31-18(33)10-11-19(31)34)23(37)29-16(8-7-12-27-24(26)38)22(36)28-15(3)21(25)35/h10-11,14-16,20H,4-9,12-13H2,1-3H3,(H,28,36)(H,29,37)(H,30,32)(H3,26,27,38)/t15-,16+,20?/m1/s1. The van der Waals surface area contributed by atoms with Gasteiger partial charge < -0.3 is 31.8 Å². The van der Waals surface area contributed by atoms with Crippen LogP contribution < -0.4 is 27.0 Å². The molecule has 0 bridgehead atoms. The Morgan fingerprint density at radius 1 is 0.895 bits per heavy atom. The molecule has 0 aliphatic carbocycles. The van der Waals surface area contributed by atoms with Crippen molar-refractivity contribution in [3.8, 4) is 0 Å². The highest BCUT2D eigenvalue weighted by molar-refractivity contribution is 6.59. The fourth-order valence-electron chi connectivity index (χ4n) is 3.60. The maximum atomic E-state index is 13.0. The van der Waals surface area contributed by atoms with Crippen LogP contribution in [0.1, 0.15) is 59.3 Å². The first-order valence-electron chi connectivity index (χ1n) is 12.6. The monoisotopic (exact) mass is 532 g/mol. The summed E-state index contributed by atoms with van der Waals surface area (Å²) in [5.74, 6) is -2.58. The summed E-state index contributed by atoms with van der Waals surface area (Å²) in [6.45, 7) is 5.33. The molecule has 0 aromatic rings. The SMILES string of the molecule is [B]C(=O)[C@@H](C)NC(=O)[C@H](CCCNC(N)=O)NC(=O)C(NC(=O)CCCCCN1C(=O)C=CC1=O)C(C)C. The number of nitrogens with one attached hydrogen (secondary N) is 4. The molecule has 0 saturated heterocycles. The highest BCUT2D eigenvalue weighted by Gasteiger charge is 2.29. The fraction of sp³-hybridized carbons (Fsp3) is 0.625. The minimum atomic E-state index is -1.05. The van der Waals surface area contributed by atoms with E-state index in [0.29, 0.717) is 25.7 Å². The first-order chi connectivity index (χ1) is 17.8. The molecule has 208 valence electrons. The summed E-state index contributed by atoms with van der Waals surface area (Å²) in [6.07, 6.45) is 4.64. The maximum absolute atomic E-state index is 13.0. The van der Waals surface area contributed by atoms with Crippen LogP contribution >= 0.6 is 0 Å². The van der Waals surface area contributed by atoms with Gasteiger partial charge in [-0.2, -0.15) is 0 Å². The maximum Gasteiger partial charge on any atom is 0.312 e. The molecule has 1 aliphatic rings. The molecule has 38 heavy (non-hydrogen) atoms. The van der Waals surface area contributed by atoms with Crippen molar-refractivity contribution in [1.29, 1.82) is 0 Å². The van der Waals surface area contributed by atoms with E-state index in [-0.39, 0.29) is 49.6 Å². The molecular weight excluding hydrogens is 495 g/mol. The second-order valence-electron chi connectivity index (χ2n) is 9.39. The zero-order valence-electron chi connectivity index (χ0n) is 22.1. The number of nitrogens with zero attached hydrogens (tertiary/aromatic N) is 1. The van der Waals surface area contributed by atoms with E-state index in [1.165, 1.54) is 19.1 Å². The van der Waals surface area contributed by atoms with Crippen LogP contribution in [0.4, 0.5) is 4.79 Å². The molecule has 0 spiro atoms. The van der Waals surface area contributed by atoms with Gasteiger partial charge in [-0.1, -0.05) is 20.3 Å². The van der Waals surface area contributed by atoms with Gasteiger partial charge in [-0.15, -0.1) is 0 Å². The molecule has 0 fully saturated rings. The van der Waals surface area contributed by atoms with E-state index < -0.39 is 41.7 Å². The number of nitrogens with two attached hydrogens (primary N) is 1. The summed E-state index contributed by atoms with van der Waals surface area (Å²) in [4.78, 5) is 84.7. The van der Waals surface area contributed by atoms with Crippen molar-refractivity contribution in [3.05, 3.63) is 12.2 Å². The highest BCUT2D eigenvalue weighted by atomic mass is 16.2. The van der Waals surface area contributed by atoms with Crippen molar-refractivity contribution >= 4 is 49.1 Å². The number of carbonyl (C=O) groups is 7. The zero-order valence-corrected chi connectivity index (χ0v) is 22.1. The van der Waals surface area contributed by atoms with Crippen LogP contribution in [0.2, 0.25) is 0 Å². The van der Waals surface area contributed by atoms with Crippen LogP contribution in [-0.2, 0) is 28.8 Å². The Morgan fingerprint density at radius 3 is 2.08 bits per heavy atom. The topological polar surface area (TPSA) is 197 Å². The Hall–Kier alpha value is -3.71. The van der Waals surface area contributed by atoms with Gasteiger partial charge in [0.1, 0.15) is 12.1 Å². The third-order valence-corrected chi connectivity index (χ3v) is 5.84. The molecule has 13 nitrogen and oxygen atoms in total. The summed E-state index contributed by atoms with van der Waals surface area (Å²) in [5.41, 5.74) is 4.29. The van der Waals surface area contributed by atoms with Crippen LogP contribution in [0.5, 0.6) is 0 Å². The van der Waals surface area contributed by atoms with E-state index in [9.17, 15) is 33.6 Å². The molecule has 1 unspecified atom stereocenters. The molecule has 7 amide bonds. The van der Waals surface area contributed by atoms with Crippen molar-refractivity contribution in [2.45, 2.75) is 77.4 Å². The van der Waals surface area contributed by atoms with Crippen LogP contribution in [0, 0.1) is 5.92 Å². The number of urea groups is 1. The van der Waals surface area contributed by atoms with Gasteiger partial charge in [-0.05, 0) is 38.5 Å². The fourth-order valence-corrected chi connectivity index (χ4v) is 3.60. The van der Waals surface area contributed by atoms with Crippen LogP contribution in [0.3, 0.4) is 0 Å². The third kappa shape index (κ3) is 11.6. The number of carbonyl (C=O) groups excluding carboxylic acids is 7. The zero-order chi connectivity index (χ0) is 28.8. The second kappa shape index (κ2) is 16.2. The lowest BCUT2D eigenvalue weighted by atomic mass is 9.95. The Labute approximate surface area is 223 Å². The number of rotatable bonds is 17. The van der Waals surface area contributed by atoms with Gasteiger partial charge in [0.15, 0.2) is 7.85 Å². The Morgan fingerprint density at radius 2 is 1.53 bits per heavy atom. The number of unbranched alkanes of at least 4 members (excludes halogenated alkanes) is 2. The van der Waals surface area contributed by atoms with E-state index in [1.54, 1.807) is 13.8 Å². The van der Waals surface area contributed by atoms with Crippen molar-refractivity contribution in [2.24, 2.45) is 11.7 Å². The molecule has 1 heterocycles. The molecule has 6 N–H and O–H groups in total. The number of hydrogen-bond acceptors (Lipinski definition) is 7. The Balaban J connectivity index is 2.63. The minimum Gasteiger partial charge on any atom is -0.352 e. The number of primary amides is 1. The lowest BCUT2D eigenvalue weighted by Crippen LogP contribution is -2.56. The highest BCUT2D eigenvalue weighted by Crippen LogP contribution is 2.09. The van der Waals surface area contributed by atoms with E-state index in [2.05, 4.69) is 21.3 Å². The van der Waals surface area contributed by atoms with Gasteiger partial charge in [0, 0.05) is 31.7 Å². The molecular formula is C24H37BN6O7. The largest absolute Gasteiger partial charge is 0.352 e. The molecule has 0 aromatic heterocycles. The second-order valence-corrected chi connectivity index (χ2v) is 9.39. The molecule has 1 aliphatic heterocycles. The van der Waals surface area contributed by atoms with Gasteiger partial charge >= 0.3 is 6.03 Å². The smallest absolute Gasteiger partial charge is 0.312 e. The first-order valence-corrected chi connectivity index (χ1v) is 12.6. The van der Waals surface area contributed by atoms with Gasteiger partial charge in [0.05, 0.1) is 11.7 Å². The Bertz CT molecular complexity index is 921. The average molecular weight is 532 g/mol. The number of amides is 7. The summed E-state index contributed by atoms with van der Waals surface area (Å²) in [6, 6.07) is -3.68. The molecule has 0 aromatic carbocycles. The summed E-state index contributed by atoms with van der Waals surface area (Å²) in [7, 11) is 5.20. The van der Waals surface area contributed by atoms with Crippen LogP contribution in [0.15, 0.2) is 12.2 Å². The van der Waals surface area contributed by atoms with Crippen molar-refractivity contribution in [3.63, 3.8) is 0 Å². The molecule has 2 radical (unpaired) electrons. The predicted molar refractivity (Wildman–Crippen MR) is 138 cm³/mol. The molecule has 3 atom stereocenters. The third-order valence-electron chi connectivity index (χ3n) is 5.84. The van der Waals surface area contributed by atoms with Crippen LogP contribution in [-0.4, -0.2) is 85.2 Å². The van der Waals surface area contributed by atoms with Gasteiger partial charge in [0.25, 0.3) is 11.8 Å². The quantitative estimate of drug-likeness (QED) is 0.0876. The Kier molecular flexibility index (Phi) is 13.8. The van der Waals surface area contributed by atoms with E-state index >= 15 is 0 Å². The summed E-state index contributed by atoms with van der Waals surface area (Å²) in [5, 5.41) is 10.1. The first kappa shape index (κ1) is 32.3. The molecule has 14 heteroatoms. The molecule has 1 rings (SSSR count). The van der Waals surface area contributed by atoms with Crippen molar-refractivity contribution in [2.75, 3.05) is 13.1 Å². The van der Waals surface area contributed by atoms with Gasteiger partial charge in [-0.3, -0.25) is 28.9 Å². The summed E-state index contributed by atoms with van der Waals surface area (Å²) >= 11 is 0. The van der Waals surface area contributed by atoms with Gasteiger partial charge in [-0.25, -0.2) is 4.79 Å². The lowest BCUT2D eigenvalue weighted by Gasteiger charge is -2.26. The van der Waals surface area contributed by atoms with Gasteiger partial charge in [0.2, 0.25) is 17.7 Å². The molecule has 0 saturated carbocycles. The average Bonchev–Trinajstić information content (AvgIpc) is 3.15. The normalized spacial score (nSPS) is 15.1. The van der Waals surface area contributed by atoms with E-state index in [4.69, 9.17) is 13.6 Å². The van der Waals surface area contributed by atoms with E-state index in [1.807, 2.05) is 0 Å². The predicted octanol–water partition coefficient (Wildman–Crippen LogP) is -1.25. The number of imide groups is 1. The van der Waals surface area contributed by atoms with Crippen LogP contribution in [0.25, 0.3) is 0 Å². The lowest BCUT2D eigenvalue weighted by molar-refractivity contribution is -0.137. The van der Waals surface area contributed by atoms with Crippen molar-refractivity contribution < 1.29 is 33.6 Å². The van der Waals surface area contributed by atoms with Crippen molar-refractivity contribution in [1.82, 2.24) is 26.2 Å². The van der Waals surface area contributed by atoms with E-state index in [0.717, 1.165) is 4.90 Å². The summed E-state index contributed by atoms with van der Waals surface area (Å²) < 4.78 is 0. The number of hydrogen-bond donors (Lipinski definition) is 5. The minimum absolute atomic E-state index is 0.125.